The molecule has 0 aromatic rings. The second-order valence-electron chi connectivity index (χ2n) is 4.75. The Bertz CT molecular complexity index is 166. The fourth-order valence-electron chi connectivity index (χ4n) is 2.53. The number of hydrogen-bond donors (Lipinski definition) is 1. The lowest BCUT2D eigenvalue weighted by atomic mass is 10.1. The highest BCUT2D eigenvalue weighted by Crippen LogP contribution is 2.09. The van der Waals surface area contributed by atoms with E-state index in [0.717, 1.165) is 6.04 Å². The summed E-state index contributed by atoms with van der Waals surface area (Å²) in [5.74, 6) is 0. The number of piperazine rings is 1. The average molecular weight is 197 g/mol. The van der Waals surface area contributed by atoms with E-state index < -0.39 is 0 Å². The van der Waals surface area contributed by atoms with Crippen LogP contribution in [0.5, 0.6) is 0 Å². The predicted molar refractivity (Wildman–Crippen MR) is 59.6 cm³/mol. The van der Waals surface area contributed by atoms with Crippen molar-refractivity contribution in [3.63, 3.8) is 0 Å². The van der Waals surface area contributed by atoms with E-state index in [1.807, 2.05) is 0 Å². The molecule has 0 saturated carbocycles. The number of nitrogens with one attached hydrogen (secondary N) is 1. The molecule has 2 rings (SSSR count). The van der Waals surface area contributed by atoms with Gasteiger partial charge in [0.05, 0.1) is 0 Å². The third-order valence-corrected chi connectivity index (χ3v) is 3.45. The molecule has 0 amide bonds. The van der Waals surface area contributed by atoms with Crippen molar-refractivity contribution >= 4 is 0 Å². The van der Waals surface area contributed by atoms with Crippen LogP contribution >= 0.6 is 0 Å². The fraction of sp³-hybridized carbons (Fsp3) is 1.00. The smallest absolute Gasteiger partial charge is 0.0207 e. The molecular weight excluding hydrogens is 174 g/mol. The molecule has 1 atom stereocenters. The quantitative estimate of drug-likeness (QED) is 0.705. The Hall–Kier alpha value is -0.120. The Balaban J connectivity index is 1.64. The van der Waals surface area contributed by atoms with Gasteiger partial charge in [-0.25, -0.2) is 0 Å². The molecule has 1 unspecified atom stereocenters. The highest BCUT2D eigenvalue weighted by atomic mass is 15.2. The van der Waals surface area contributed by atoms with Gasteiger partial charge < -0.3 is 15.1 Å². The van der Waals surface area contributed by atoms with E-state index in [-0.39, 0.29) is 0 Å². The summed E-state index contributed by atoms with van der Waals surface area (Å²) in [6.07, 6.45) is 4.15. The molecule has 1 N–H and O–H groups in total. The summed E-state index contributed by atoms with van der Waals surface area (Å²) in [7, 11) is 2.23. The van der Waals surface area contributed by atoms with E-state index in [0.29, 0.717) is 0 Å². The molecule has 2 fully saturated rings. The van der Waals surface area contributed by atoms with Crippen molar-refractivity contribution in [1.29, 1.82) is 0 Å². The molecule has 0 aliphatic carbocycles. The Morgan fingerprint density at radius 3 is 2.71 bits per heavy atom. The van der Waals surface area contributed by atoms with Gasteiger partial charge in [-0.2, -0.15) is 0 Å². The van der Waals surface area contributed by atoms with Gasteiger partial charge in [0.25, 0.3) is 0 Å². The Morgan fingerprint density at radius 2 is 2.00 bits per heavy atom. The minimum atomic E-state index is 0.731. The Morgan fingerprint density at radius 1 is 1.21 bits per heavy atom. The van der Waals surface area contributed by atoms with Crippen LogP contribution in [0.15, 0.2) is 0 Å². The van der Waals surface area contributed by atoms with Gasteiger partial charge in [-0.15, -0.1) is 0 Å². The van der Waals surface area contributed by atoms with Gasteiger partial charge in [0.1, 0.15) is 0 Å². The number of likely N-dealkylation sites (N-methyl/N-ethyl adjacent to an activating group) is 1. The third kappa shape index (κ3) is 2.94. The zero-order valence-corrected chi connectivity index (χ0v) is 9.34. The number of nitrogens with zero attached hydrogens (tertiary/aromatic N) is 2. The maximum atomic E-state index is 3.61. The van der Waals surface area contributed by atoms with E-state index in [4.69, 9.17) is 0 Å². The van der Waals surface area contributed by atoms with Crippen LogP contribution in [0.1, 0.15) is 19.3 Å². The van der Waals surface area contributed by atoms with Gasteiger partial charge in [-0.1, -0.05) is 0 Å². The van der Waals surface area contributed by atoms with Crippen LogP contribution in [0.25, 0.3) is 0 Å². The van der Waals surface area contributed by atoms with Crippen LogP contribution in [0.3, 0.4) is 0 Å². The van der Waals surface area contributed by atoms with Crippen LogP contribution in [0.2, 0.25) is 0 Å². The summed E-state index contributed by atoms with van der Waals surface area (Å²) in [4.78, 5) is 5.04. The van der Waals surface area contributed by atoms with Crippen LogP contribution in [-0.4, -0.2) is 62.2 Å². The molecule has 0 aromatic heterocycles. The molecule has 0 bridgehead atoms. The van der Waals surface area contributed by atoms with Crippen LogP contribution in [-0.2, 0) is 0 Å². The van der Waals surface area contributed by atoms with E-state index in [1.54, 1.807) is 0 Å². The molecule has 82 valence electrons. The molecule has 2 aliphatic heterocycles. The van der Waals surface area contributed by atoms with Crippen molar-refractivity contribution < 1.29 is 0 Å². The van der Waals surface area contributed by atoms with Gasteiger partial charge >= 0.3 is 0 Å². The van der Waals surface area contributed by atoms with Gasteiger partial charge in [-0.05, 0) is 45.9 Å². The van der Waals surface area contributed by atoms with Crippen molar-refractivity contribution in [2.24, 2.45) is 0 Å². The lowest BCUT2D eigenvalue weighted by Gasteiger charge is -2.31. The molecule has 2 heterocycles. The van der Waals surface area contributed by atoms with Crippen molar-refractivity contribution in [3.05, 3.63) is 0 Å². The summed E-state index contributed by atoms with van der Waals surface area (Å²) in [6.45, 7) is 7.58. The summed E-state index contributed by atoms with van der Waals surface area (Å²) in [6, 6.07) is 0.731. The Labute approximate surface area is 87.4 Å². The molecule has 3 nitrogen and oxygen atoms in total. The zero-order valence-electron chi connectivity index (χ0n) is 9.34. The van der Waals surface area contributed by atoms with Crippen LogP contribution in [0, 0.1) is 0 Å². The first-order chi connectivity index (χ1) is 6.84. The monoisotopic (exact) mass is 197 g/mol. The van der Waals surface area contributed by atoms with E-state index in [2.05, 4.69) is 22.2 Å². The van der Waals surface area contributed by atoms with Crippen molar-refractivity contribution in [2.45, 2.75) is 25.3 Å². The van der Waals surface area contributed by atoms with E-state index in [1.165, 1.54) is 58.5 Å². The predicted octanol–water partition coefficient (Wildman–Crippen LogP) is 0.376. The molecule has 14 heavy (non-hydrogen) atoms. The van der Waals surface area contributed by atoms with Gasteiger partial charge in [0.2, 0.25) is 0 Å². The topological polar surface area (TPSA) is 18.5 Å². The summed E-state index contributed by atoms with van der Waals surface area (Å²) >= 11 is 0. The minimum Gasteiger partial charge on any atom is -0.311 e. The average Bonchev–Trinajstić information content (AvgIpc) is 2.67. The highest BCUT2D eigenvalue weighted by molar-refractivity contribution is 4.78. The standard InChI is InChI=1S/C11H23N3/c1-13-9-5-12-11(10-13)4-8-14-6-2-3-7-14/h11-12H,2-10H2,1H3. The Kier molecular flexibility index (Phi) is 3.79. The van der Waals surface area contributed by atoms with Crippen molar-refractivity contribution in [3.8, 4) is 0 Å². The maximum absolute atomic E-state index is 3.61. The van der Waals surface area contributed by atoms with E-state index in [9.17, 15) is 0 Å². The van der Waals surface area contributed by atoms with Crippen molar-refractivity contribution in [2.75, 3.05) is 46.3 Å². The lowest BCUT2D eigenvalue weighted by Crippen LogP contribution is -2.49. The van der Waals surface area contributed by atoms with Crippen LogP contribution < -0.4 is 5.32 Å². The molecule has 0 aromatic carbocycles. The third-order valence-electron chi connectivity index (χ3n) is 3.45. The second-order valence-corrected chi connectivity index (χ2v) is 4.75. The molecule has 3 heteroatoms. The number of rotatable bonds is 3. The molecule has 0 spiro atoms. The number of likely N-dealkylation sites (tertiary alicyclic amines) is 1. The van der Waals surface area contributed by atoms with Crippen molar-refractivity contribution in [1.82, 2.24) is 15.1 Å². The highest BCUT2D eigenvalue weighted by Gasteiger charge is 2.18. The zero-order chi connectivity index (χ0) is 9.80. The fourth-order valence-corrected chi connectivity index (χ4v) is 2.53. The SMILES string of the molecule is CN1CCNC(CCN2CCCC2)C1. The normalized spacial score (nSPS) is 31.1. The number of hydrogen-bond acceptors (Lipinski definition) is 3. The first-order valence-corrected chi connectivity index (χ1v) is 5.99. The first kappa shape index (κ1) is 10.4. The summed E-state index contributed by atoms with van der Waals surface area (Å²) < 4.78 is 0. The summed E-state index contributed by atoms with van der Waals surface area (Å²) in [5, 5.41) is 3.61. The van der Waals surface area contributed by atoms with E-state index >= 15 is 0 Å². The molecule has 0 radical (unpaired) electrons. The van der Waals surface area contributed by atoms with Gasteiger partial charge in [0, 0.05) is 25.7 Å². The molecule has 2 aliphatic rings. The minimum absolute atomic E-state index is 0.731. The van der Waals surface area contributed by atoms with Gasteiger partial charge in [-0.3, -0.25) is 0 Å². The van der Waals surface area contributed by atoms with Crippen LogP contribution in [0.4, 0.5) is 0 Å². The second kappa shape index (κ2) is 5.10. The maximum Gasteiger partial charge on any atom is 0.0207 e. The largest absolute Gasteiger partial charge is 0.311 e. The van der Waals surface area contributed by atoms with Gasteiger partial charge in [0.15, 0.2) is 0 Å². The lowest BCUT2D eigenvalue weighted by molar-refractivity contribution is 0.214. The molecule has 2 saturated heterocycles. The first-order valence-electron chi connectivity index (χ1n) is 5.99. The molecular formula is C11H23N3. The summed E-state index contributed by atoms with van der Waals surface area (Å²) in [5.41, 5.74) is 0.